The van der Waals surface area contributed by atoms with E-state index in [1.54, 1.807) is 0 Å². The Morgan fingerprint density at radius 3 is 2.85 bits per heavy atom. The van der Waals surface area contributed by atoms with Crippen LogP contribution in [0.4, 0.5) is 5.95 Å². The number of halogens is 1. The predicted molar refractivity (Wildman–Crippen MR) is 76.3 cm³/mol. The molecule has 0 amide bonds. The Balaban J connectivity index is 1.99. The third-order valence-corrected chi connectivity index (χ3v) is 3.86. The zero-order valence-electron chi connectivity index (χ0n) is 11.2. The van der Waals surface area contributed by atoms with Gasteiger partial charge in [-0.3, -0.25) is 0 Å². The van der Waals surface area contributed by atoms with E-state index in [4.69, 9.17) is 17.3 Å². The van der Waals surface area contributed by atoms with Crippen molar-refractivity contribution in [3.63, 3.8) is 0 Å². The van der Waals surface area contributed by atoms with Gasteiger partial charge in [-0.05, 0) is 25.9 Å². The second-order valence-corrected chi connectivity index (χ2v) is 5.30. The molecule has 3 rings (SSSR count). The van der Waals surface area contributed by atoms with Crippen molar-refractivity contribution in [1.29, 1.82) is 0 Å². The number of hydrogen-bond donors (Lipinski definition) is 2. The first-order valence-corrected chi connectivity index (χ1v) is 6.93. The van der Waals surface area contributed by atoms with Crippen LogP contribution in [0.1, 0.15) is 24.6 Å². The number of nitrogen functional groups attached to an aromatic ring is 1. The number of rotatable bonds is 2. The lowest BCUT2D eigenvalue weighted by molar-refractivity contribution is 0.436. The molecule has 0 bridgehead atoms. The molecule has 2 aromatic rings. The van der Waals surface area contributed by atoms with Gasteiger partial charge in [-0.25, -0.2) is 9.97 Å². The number of hydrogen-bond acceptors (Lipinski definition) is 6. The van der Waals surface area contributed by atoms with E-state index in [-0.39, 0.29) is 5.95 Å². The smallest absolute Gasteiger partial charge is 0.220 e. The average molecular weight is 294 g/mol. The van der Waals surface area contributed by atoms with E-state index < -0.39 is 0 Å². The van der Waals surface area contributed by atoms with Crippen molar-refractivity contribution in [2.24, 2.45) is 7.05 Å². The second-order valence-electron chi connectivity index (χ2n) is 4.89. The van der Waals surface area contributed by atoms with Gasteiger partial charge in [-0.2, -0.15) is 0 Å². The van der Waals surface area contributed by atoms with Gasteiger partial charge in [-0.15, -0.1) is 10.2 Å². The Morgan fingerprint density at radius 1 is 1.35 bits per heavy atom. The Morgan fingerprint density at radius 2 is 2.10 bits per heavy atom. The molecule has 0 radical (unpaired) electrons. The lowest BCUT2D eigenvalue weighted by Gasteiger charge is -2.21. The Labute approximate surface area is 121 Å². The molecule has 0 aromatic carbocycles. The molecule has 1 saturated heterocycles. The van der Waals surface area contributed by atoms with Gasteiger partial charge < -0.3 is 15.6 Å². The van der Waals surface area contributed by atoms with Crippen molar-refractivity contribution in [3.8, 4) is 11.5 Å². The minimum atomic E-state index is 0.177. The monoisotopic (exact) mass is 293 g/mol. The highest BCUT2D eigenvalue weighted by atomic mass is 35.5. The summed E-state index contributed by atoms with van der Waals surface area (Å²) in [7, 11) is 1.93. The third kappa shape index (κ3) is 2.34. The molecule has 0 aliphatic carbocycles. The third-order valence-electron chi connectivity index (χ3n) is 3.59. The fraction of sp³-hybridized carbons (Fsp3) is 0.500. The second kappa shape index (κ2) is 5.34. The van der Waals surface area contributed by atoms with Crippen LogP contribution in [-0.4, -0.2) is 37.8 Å². The normalized spacial score (nSPS) is 16.5. The maximum absolute atomic E-state index is 6.13. The summed E-state index contributed by atoms with van der Waals surface area (Å²) in [6.07, 6.45) is 3.61. The van der Waals surface area contributed by atoms with E-state index in [0.717, 1.165) is 31.8 Å². The average Bonchev–Trinajstić information content (AvgIpc) is 2.84. The summed E-state index contributed by atoms with van der Waals surface area (Å²) in [5.41, 5.74) is 6.14. The maximum Gasteiger partial charge on any atom is 0.220 e. The summed E-state index contributed by atoms with van der Waals surface area (Å²) in [5, 5.41) is 12.3. The first kappa shape index (κ1) is 13.3. The first-order valence-electron chi connectivity index (χ1n) is 6.55. The molecule has 1 aliphatic rings. The van der Waals surface area contributed by atoms with E-state index in [1.807, 2.05) is 11.6 Å². The molecular formula is C12H16ClN7. The fourth-order valence-corrected chi connectivity index (χ4v) is 2.70. The minimum Gasteiger partial charge on any atom is -0.368 e. The molecule has 3 heterocycles. The van der Waals surface area contributed by atoms with Crippen LogP contribution in [0.3, 0.4) is 0 Å². The van der Waals surface area contributed by atoms with E-state index >= 15 is 0 Å². The number of nitrogens with zero attached hydrogens (tertiary/aromatic N) is 5. The molecule has 8 heteroatoms. The van der Waals surface area contributed by atoms with Crippen molar-refractivity contribution in [2.45, 2.75) is 18.8 Å². The summed E-state index contributed by atoms with van der Waals surface area (Å²) in [6.45, 7) is 2.02. The van der Waals surface area contributed by atoms with Gasteiger partial charge in [0.05, 0.1) is 11.2 Å². The summed E-state index contributed by atoms with van der Waals surface area (Å²) in [5.74, 6) is 2.18. The topological polar surface area (TPSA) is 94.5 Å². The van der Waals surface area contributed by atoms with E-state index in [1.165, 1.54) is 6.20 Å². The van der Waals surface area contributed by atoms with Gasteiger partial charge >= 0.3 is 0 Å². The lowest BCUT2D eigenvalue weighted by atomic mass is 9.97. The Kier molecular flexibility index (Phi) is 3.54. The predicted octanol–water partition coefficient (Wildman–Crippen LogP) is 0.975. The zero-order valence-corrected chi connectivity index (χ0v) is 11.9. The standard InChI is InChI=1S/C12H16ClN7/c1-20-10(7-2-4-15-5-3-7)18-19-11(20)9-8(13)6-16-12(14)17-9/h6-7,15H,2-5H2,1H3,(H2,14,16,17). The van der Waals surface area contributed by atoms with E-state index in [2.05, 4.69) is 25.5 Å². The highest BCUT2D eigenvalue weighted by molar-refractivity contribution is 6.32. The van der Waals surface area contributed by atoms with Crippen LogP contribution in [0.5, 0.6) is 0 Å². The van der Waals surface area contributed by atoms with Crippen molar-refractivity contribution >= 4 is 17.5 Å². The molecular weight excluding hydrogens is 278 g/mol. The molecule has 0 atom stereocenters. The van der Waals surface area contributed by atoms with Gasteiger partial charge in [0, 0.05) is 13.0 Å². The molecule has 7 nitrogen and oxygen atoms in total. The highest BCUT2D eigenvalue weighted by Crippen LogP contribution is 2.28. The zero-order chi connectivity index (χ0) is 14.1. The molecule has 3 N–H and O–H groups in total. The van der Waals surface area contributed by atoms with Crippen LogP contribution in [0.15, 0.2) is 6.20 Å². The van der Waals surface area contributed by atoms with Gasteiger partial charge in [0.15, 0.2) is 5.82 Å². The van der Waals surface area contributed by atoms with Crippen LogP contribution < -0.4 is 11.1 Å². The van der Waals surface area contributed by atoms with Crippen molar-refractivity contribution in [2.75, 3.05) is 18.8 Å². The molecule has 0 saturated carbocycles. The Hall–Kier alpha value is -1.73. The largest absolute Gasteiger partial charge is 0.368 e. The van der Waals surface area contributed by atoms with Crippen molar-refractivity contribution in [1.82, 2.24) is 30.0 Å². The number of aromatic nitrogens is 5. The number of anilines is 1. The molecule has 0 spiro atoms. The van der Waals surface area contributed by atoms with Crippen LogP contribution in [0.25, 0.3) is 11.5 Å². The first-order chi connectivity index (χ1) is 9.66. The van der Waals surface area contributed by atoms with Gasteiger partial charge in [0.1, 0.15) is 11.5 Å². The van der Waals surface area contributed by atoms with E-state index in [9.17, 15) is 0 Å². The summed E-state index contributed by atoms with van der Waals surface area (Å²) in [6, 6.07) is 0. The van der Waals surface area contributed by atoms with Crippen LogP contribution >= 0.6 is 11.6 Å². The fourth-order valence-electron chi connectivity index (χ4n) is 2.52. The molecule has 106 valence electrons. The van der Waals surface area contributed by atoms with E-state index in [0.29, 0.717) is 22.5 Å². The molecule has 0 unspecified atom stereocenters. The highest BCUT2D eigenvalue weighted by Gasteiger charge is 2.23. The summed E-state index contributed by atoms with van der Waals surface area (Å²) in [4.78, 5) is 8.02. The van der Waals surface area contributed by atoms with Crippen LogP contribution in [-0.2, 0) is 7.05 Å². The molecule has 1 aliphatic heterocycles. The van der Waals surface area contributed by atoms with Crippen LogP contribution in [0.2, 0.25) is 5.02 Å². The number of piperidine rings is 1. The maximum atomic E-state index is 6.13. The SMILES string of the molecule is Cn1c(-c2nc(N)ncc2Cl)nnc1C1CCNCC1. The Bertz CT molecular complexity index is 618. The van der Waals surface area contributed by atoms with Crippen LogP contribution in [0, 0.1) is 0 Å². The number of nitrogens with two attached hydrogens (primary N) is 1. The molecule has 20 heavy (non-hydrogen) atoms. The van der Waals surface area contributed by atoms with Gasteiger partial charge in [-0.1, -0.05) is 11.6 Å². The van der Waals surface area contributed by atoms with Crippen molar-refractivity contribution in [3.05, 3.63) is 17.0 Å². The van der Waals surface area contributed by atoms with Crippen molar-refractivity contribution < 1.29 is 0 Å². The molecule has 1 fully saturated rings. The van der Waals surface area contributed by atoms with Gasteiger partial charge in [0.2, 0.25) is 5.95 Å². The van der Waals surface area contributed by atoms with Gasteiger partial charge in [0.25, 0.3) is 0 Å². The summed E-state index contributed by atoms with van der Waals surface area (Å²) >= 11 is 6.13. The summed E-state index contributed by atoms with van der Waals surface area (Å²) < 4.78 is 1.95. The minimum absolute atomic E-state index is 0.177. The molecule has 2 aromatic heterocycles. The number of nitrogens with one attached hydrogen (secondary N) is 1. The quantitative estimate of drug-likeness (QED) is 0.857. The lowest BCUT2D eigenvalue weighted by Crippen LogP contribution is -2.27.